The molecule has 0 aliphatic rings. The maximum Gasteiger partial charge on any atom is 0.489 e. The third-order valence-electron chi connectivity index (χ3n) is 3.56. The lowest BCUT2D eigenvalue weighted by Crippen LogP contribution is -2.31. The van der Waals surface area contributed by atoms with Gasteiger partial charge in [0.1, 0.15) is 6.17 Å². The van der Waals surface area contributed by atoms with Crippen LogP contribution in [0.2, 0.25) is 0 Å². The lowest BCUT2D eigenvalue weighted by atomic mass is 9.75. The first-order chi connectivity index (χ1) is 10.1. The highest BCUT2D eigenvalue weighted by molar-refractivity contribution is 6.60. The Hall–Kier alpha value is -1.65. The molecule has 0 radical (unpaired) electrons. The van der Waals surface area contributed by atoms with E-state index < -0.39 is 13.3 Å². The molecule has 0 aliphatic carbocycles. The molecule has 0 saturated heterocycles. The molecule has 0 aliphatic heterocycles. The zero-order valence-electron chi connectivity index (χ0n) is 12.2. The predicted molar refractivity (Wildman–Crippen MR) is 85.2 cm³/mol. The van der Waals surface area contributed by atoms with Gasteiger partial charge in [-0.15, -0.1) is 0 Å². The minimum Gasteiger partial charge on any atom is -0.423 e. The van der Waals surface area contributed by atoms with Gasteiger partial charge in [-0.25, -0.2) is 4.39 Å². The van der Waals surface area contributed by atoms with Gasteiger partial charge in [0.15, 0.2) is 0 Å². The van der Waals surface area contributed by atoms with Crippen molar-refractivity contribution < 1.29 is 14.4 Å². The Morgan fingerprint density at radius 3 is 2.33 bits per heavy atom. The van der Waals surface area contributed by atoms with E-state index in [1.165, 1.54) is 0 Å². The number of halogens is 1. The summed E-state index contributed by atoms with van der Waals surface area (Å²) in [6.07, 6.45) is 1.06. The van der Waals surface area contributed by atoms with Crippen LogP contribution in [0.4, 0.5) is 4.39 Å². The van der Waals surface area contributed by atoms with E-state index >= 15 is 0 Å². The SMILES string of the molecule is CCCC(F)Cc1ccc(-c2ccccc2B(O)O)cc1. The van der Waals surface area contributed by atoms with Gasteiger partial charge in [0.25, 0.3) is 0 Å². The number of rotatable bonds is 6. The molecular formula is C17H20BFO2. The van der Waals surface area contributed by atoms with Crippen LogP contribution in [0.3, 0.4) is 0 Å². The van der Waals surface area contributed by atoms with E-state index in [9.17, 15) is 14.4 Å². The predicted octanol–water partition coefficient (Wildman–Crippen LogP) is 2.71. The molecule has 1 atom stereocenters. The minimum absolute atomic E-state index is 0.429. The summed E-state index contributed by atoms with van der Waals surface area (Å²) in [5, 5.41) is 18.8. The highest BCUT2D eigenvalue weighted by atomic mass is 19.1. The van der Waals surface area contributed by atoms with Gasteiger partial charge in [-0.1, -0.05) is 61.9 Å². The first-order valence-electron chi connectivity index (χ1n) is 7.30. The van der Waals surface area contributed by atoms with Crippen LogP contribution >= 0.6 is 0 Å². The van der Waals surface area contributed by atoms with Gasteiger partial charge in [0.2, 0.25) is 0 Å². The van der Waals surface area contributed by atoms with Crippen molar-refractivity contribution in [1.82, 2.24) is 0 Å². The van der Waals surface area contributed by atoms with E-state index in [2.05, 4.69) is 0 Å². The Labute approximate surface area is 125 Å². The normalized spacial score (nSPS) is 12.2. The third-order valence-corrected chi connectivity index (χ3v) is 3.56. The summed E-state index contributed by atoms with van der Waals surface area (Å²) in [4.78, 5) is 0. The summed E-state index contributed by atoms with van der Waals surface area (Å²) in [6, 6.07) is 14.8. The average molecular weight is 286 g/mol. The smallest absolute Gasteiger partial charge is 0.423 e. The lowest BCUT2D eigenvalue weighted by molar-refractivity contribution is 0.310. The number of benzene rings is 2. The summed E-state index contributed by atoms with van der Waals surface area (Å²) >= 11 is 0. The van der Waals surface area contributed by atoms with E-state index in [1.54, 1.807) is 12.1 Å². The third kappa shape index (κ3) is 4.16. The van der Waals surface area contributed by atoms with Crippen LogP contribution in [-0.2, 0) is 6.42 Å². The molecule has 0 fully saturated rings. The Morgan fingerprint density at radius 1 is 1.05 bits per heavy atom. The molecule has 21 heavy (non-hydrogen) atoms. The van der Waals surface area contributed by atoms with Crippen molar-refractivity contribution >= 4 is 12.6 Å². The van der Waals surface area contributed by atoms with Crippen molar-refractivity contribution in [3.63, 3.8) is 0 Å². The number of hydrogen-bond acceptors (Lipinski definition) is 2. The maximum absolute atomic E-state index is 13.6. The molecule has 110 valence electrons. The Kier molecular flexibility index (Phi) is 5.54. The fourth-order valence-electron chi connectivity index (χ4n) is 2.48. The van der Waals surface area contributed by atoms with Gasteiger partial charge in [-0.2, -0.15) is 0 Å². The fraction of sp³-hybridized carbons (Fsp3) is 0.294. The van der Waals surface area contributed by atoms with Crippen LogP contribution < -0.4 is 5.46 Å². The highest BCUT2D eigenvalue weighted by Crippen LogP contribution is 2.20. The largest absolute Gasteiger partial charge is 0.489 e. The summed E-state index contributed by atoms with van der Waals surface area (Å²) in [5.41, 5.74) is 3.11. The van der Waals surface area contributed by atoms with Gasteiger partial charge in [0.05, 0.1) is 0 Å². The van der Waals surface area contributed by atoms with Gasteiger partial charge in [-0.05, 0) is 28.6 Å². The van der Waals surface area contributed by atoms with E-state index in [4.69, 9.17) is 0 Å². The second-order valence-electron chi connectivity index (χ2n) is 5.25. The molecule has 0 heterocycles. The van der Waals surface area contributed by atoms with Crippen molar-refractivity contribution in [3.05, 3.63) is 54.1 Å². The summed E-state index contributed by atoms with van der Waals surface area (Å²) in [6.45, 7) is 1.98. The molecule has 0 spiro atoms. The summed E-state index contributed by atoms with van der Waals surface area (Å²) < 4.78 is 13.6. The highest BCUT2D eigenvalue weighted by Gasteiger charge is 2.16. The molecule has 2 aromatic carbocycles. The lowest BCUT2D eigenvalue weighted by Gasteiger charge is -2.11. The van der Waals surface area contributed by atoms with Crippen LogP contribution in [0.25, 0.3) is 11.1 Å². The van der Waals surface area contributed by atoms with Gasteiger partial charge >= 0.3 is 7.12 Å². The molecule has 0 bridgehead atoms. The molecule has 2 rings (SSSR count). The molecule has 0 amide bonds. The summed E-state index contributed by atoms with van der Waals surface area (Å²) in [7, 11) is -1.50. The standard InChI is InChI=1S/C17H20BFO2/c1-2-5-15(19)12-13-8-10-14(11-9-13)16-6-3-4-7-17(16)18(20)21/h3-4,6-11,15,20-21H,2,5,12H2,1H3. The Morgan fingerprint density at radius 2 is 1.71 bits per heavy atom. The molecular weight excluding hydrogens is 266 g/mol. The molecule has 2 N–H and O–H groups in total. The fourth-order valence-corrected chi connectivity index (χ4v) is 2.48. The van der Waals surface area contributed by atoms with Crippen LogP contribution in [0.15, 0.2) is 48.5 Å². The van der Waals surface area contributed by atoms with Crippen molar-refractivity contribution in [1.29, 1.82) is 0 Å². The maximum atomic E-state index is 13.6. The van der Waals surface area contributed by atoms with Crippen molar-refractivity contribution in [3.8, 4) is 11.1 Å². The Balaban J connectivity index is 2.19. The zero-order valence-corrected chi connectivity index (χ0v) is 12.2. The van der Waals surface area contributed by atoms with Gasteiger partial charge in [0, 0.05) is 6.42 Å². The van der Waals surface area contributed by atoms with E-state index in [0.717, 1.165) is 23.1 Å². The molecule has 2 nitrogen and oxygen atoms in total. The summed E-state index contributed by atoms with van der Waals surface area (Å²) in [5.74, 6) is 0. The topological polar surface area (TPSA) is 40.5 Å². The molecule has 0 aromatic heterocycles. The molecule has 1 unspecified atom stereocenters. The zero-order chi connectivity index (χ0) is 15.2. The first-order valence-corrected chi connectivity index (χ1v) is 7.30. The quantitative estimate of drug-likeness (QED) is 0.802. The second-order valence-corrected chi connectivity index (χ2v) is 5.25. The van der Waals surface area contributed by atoms with Crippen molar-refractivity contribution in [2.75, 3.05) is 0 Å². The van der Waals surface area contributed by atoms with Crippen LogP contribution in [0.1, 0.15) is 25.3 Å². The van der Waals surface area contributed by atoms with Crippen LogP contribution in [0.5, 0.6) is 0 Å². The number of hydrogen-bond donors (Lipinski definition) is 2. The average Bonchev–Trinajstić information content (AvgIpc) is 2.48. The molecule has 0 saturated carbocycles. The second kappa shape index (κ2) is 7.39. The van der Waals surface area contributed by atoms with Crippen LogP contribution in [-0.4, -0.2) is 23.3 Å². The van der Waals surface area contributed by atoms with Gasteiger partial charge in [-0.3, -0.25) is 0 Å². The van der Waals surface area contributed by atoms with Gasteiger partial charge < -0.3 is 10.0 Å². The van der Waals surface area contributed by atoms with Crippen LogP contribution in [0, 0.1) is 0 Å². The molecule has 2 aromatic rings. The van der Waals surface area contributed by atoms with E-state index in [-0.39, 0.29) is 0 Å². The minimum atomic E-state index is -1.50. The van der Waals surface area contributed by atoms with E-state index in [0.29, 0.717) is 18.3 Å². The van der Waals surface area contributed by atoms with Crippen molar-refractivity contribution in [2.45, 2.75) is 32.4 Å². The molecule has 4 heteroatoms. The number of alkyl halides is 1. The Bertz CT molecular complexity index is 569. The first kappa shape index (κ1) is 15.7. The van der Waals surface area contributed by atoms with E-state index in [1.807, 2.05) is 43.3 Å². The monoisotopic (exact) mass is 286 g/mol. The van der Waals surface area contributed by atoms with Crippen molar-refractivity contribution in [2.24, 2.45) is 0 Å².